The minimum atomic E-state index is -1.81. The molecule has 0 aliphatic heterocycles. The molecule has 39 heavy (non-hydrogen) atoms. The SMILES string of the molecule is CC(C)(C)[Si](C)(C)O[C@H]1CC[C@@]2(C)C(=CC[C@@H]3[C@@H]2CC[C@]2(C)C(=O)[C@H](OC(=O)OCc4ccccc4)C[C@@H]32)C1. The molecule has 0 heterocycles. The predicted octanol–water partition coefficient (Wildman–Crippen LogP) is 8.24. The zero-order valence-corrected chi connectivity index (χ0v) is 26.0. The number of ketones is 1. The summed E-state index contributed by atoms with van der Waals surface area (Å²) in [4.78, 5) is 26.1. The first-order valence-electron chi connectivity index (χ1n) is 15.0. The predicted molar refractivity (Wildman–Crippen MR) is 156 cm³/mol. The van der Waals surface area contributed by atoms with E-state index in [0.29, 0.717) is 24.4 Å². The maximum Gasteiger partial charge on any atom is 0.509 e. The van der Waals surface area contributed by atoms with Crippen LogP contribution in [0.2, 0.25) is 18.1 Å². The number of ether oxygens (including phenoxy) is 2. The largest absolute Gasteiger partial charge is 0.509 e. The molecule has 0 saturated heterocycles. The quantitative estimate of drug-likeness (QED) is 0.209. The fraction of sp³-hybridized carbons (Fsp3) is 0.697. The van der Waals surface area contributed by atoms with E-state index in [2.05, 4.69) is 53.8 Å². The van der Waals surface area contributed by atoms with E-state index in [1.807, 2.05) is 30.3 Å². The maximum absolute atomic E-state index is 13.6. The summed E-state index contributed by atoms with van der Waals surface area (Å²) in [5.74, 6) is 1.36. The summed E-state index contributed by atoms with van der Waals surface area (Å²) in [5, 5.41) is 0.217. The van der Waals surface area contributed by atoms with Gasteiger partial charge in [0.1, 0.15) is 6.61 Å². The second kappa shape index (κ2) is 10.2. The van der Waals surface area contributed by atoms with Crippen LogP contribution in [0.5, 0.6) is 0 Å². The van der Waals surface area contributed by atoms with Crippen molar-refractivity contribution >= 4 is 20.3 Å². The lowest BCUT2D eigenvalue weighted by atomic mass is 9.48. The van der Waals surface area contributed by atoms with Gasteiger partial charge in [0.25, 0.3) is 0 Å². The molecule has 3 fully saturated rings. The van der Waals surface area contributed by atoms with Crippen LogP contribution in [0.4, 0.5) is 4.79 Å². The molecule has 1 aromatic carbocycles. The Bertz CT molecular complexity index is 1120. The topological polar surface area (TPSA) is 61.8 Å². The average molecular weight is 553 g/mol. The van der Waals surface area contributed by atoms with E-state index >= 15 is 0 Å². The first-order valence-corrected chi connectivity index (χ1v) is 17.9. The minimum absolute atomic E-state index is 0.0917. The van der Waals surface area contributed by atoms with E-state index in [1.165, 1.54) is 0 Å². The van der Waals surface area contributed by atoms with Gasteiger partial charge in [0.2, 0.25) is 0 Å². The first kappa shape index (κ1) is 28.6. The molecule has 214 valence electrons. The van der Waals surface area contributed by atoms with Crippen molar-refractivity contribution in [2.45, 2.75) is 117 Å². The van der Waals surface area contributed by atoms with Gasteiger partial charge in [-0.1, -0.05) is 76.6 Å². The van der Waals surface area contributed by atoms with E-state index in [9.17, 15) is 9.59 Å². The van der Waals surface area contributed by atoms with Gasteiger partial charge in [0, 0.05) is 11.5 Å². The van der Waals surface area contributed by atoms with Crippen LogP contribution in [0.3, 0.4) is 0 Å². The van der Waals surface area contributed by atoms with Crippen molar-refractivity contribution in [2.75, 3.05) is 0 Å². The summed E-state index contributed by atoms with van der Waals surface area (Å²) in [6, 6.07) is 9.55. The van der Waals surface area contributed by atoms with Gasteiger partial charge >= 0.3 is 6.16 Å². The van der Waals surface area contributed by atoms with Crippen molar-refractivity contribution in [1.82, 2.24) is 0 Å². The van der Waals surface area contributed by atoms with Gasteiger partial charge in [-0.2, -0.15) is 0 Å². The van der Waals surface area contributed by atoms with Gasteiger partial charge in [-0.25, -0.2) is 4.79 Å². The molecule has 6 heteroatoms. The zero-order valence-electron chi connectivity index (χ0n) is 25.0. The Balaban J connectivity index is 1.26. The average Bonchev–Trinajstić information content (AvgIpc) is 3.12. The summed E-state index contributed by atoms with van der Waals surface area (Å²) >= 11 is 0. The number of Topliss-reactive ketones (excluding diaryl/α,β-unsaturated/α-hetero) is 1. The Labute approximate surface area is 236 Å². The normalized spacial score (nSPS) is 36.3. The van der Waals surface area contributed by atoms with Crippen molar-refractivity contribution in [1.29, 1.82) is 0 Å². The lowest BCUT2D eigenvalue weighted by Gasteiger charge is -2.57. The molecule has 5 rings (SSSR count). The van der Waals surface area contributed by atoms with Crippen molar-refractivity contribution < 1.29 is 23.5 Å². The summed E-state index contributed by atoms with van der Waals surface area (Å²) in [5.41, 5.74) is 2.24. The molecular formula is C33H48O5Si. The molecule has 0 bridgehead atoms. The Morgan fingerprint density at radius 3 is 2.41 bits per heavy atom. The third kappa shape index (κ3) is 5.16. The molecule has 0 spiro atoms. The highest BCUT2D eigenvalue weighted by Gasteiger charge is 2.62. The fourth-order valence-corrected chi connectivity index (χ4v) is 9.44. The van der Waals surface area contributed by atoms with Crippen LogP contribution < -0.4 is 0 Å². The summed E-state index contributed by atoms with van der Waals surface area (Å²) in [7, 11) is -1.81. The molecule has 1 aromatic rings. The van der Waals surface area contributed by atoms with E-state index in [-0.39, 0.29) is 28.8 Å². The second-order valence-electron chi connectivity index (χ2n) is 14.7. The lowest BCUT2D eigenvalue weighted by Crippen LogP contribution is -2.52. The standard InChI is InChI=1S/C33H48O5Si/c1-31(2,3)39(6,7)38-24-15-17-32(4)23(19-24)13-14-25-26(32)16-18-33(5)27(25)20-28(29(33)34)37-30(35)36-21-22-11-9-8-10-12-22/h8-13,24-28H,14-21H2,1-7H3/t24-,25+,26-,27-,28+,32-,33-/m0/s1. The summed E-state index contributed by atoms with van der Waals surface area (Å²) in [6.45, 7) is 16.4. The summed E-state index contributed by atoms with van der Waals surface area (Å²) < 4.78 is 17.9. The number of hydrogen-bond donors (Lipinski definition) is 0. The molecule has 3 saturated carbocycles. The zero-order chi connectivity index (χ0) is 28.2. The molecule has 4 aliphatic rings. The highest BCUT2D eigenvalue weighted by molar-refractivity contribution is 6.74. The van der Waals surface area contributed by atoms with Gasteiger partial charge < -0.3 is 13.9 Å². The minimum Gasteiger partial charge on any atom is -0.429 e. The van der Waals surface area contributed by atoms with Crippen LogP contribution in [0.15, 0.2) is 42.0 Å². The van der Waals surface area contributed by atoms with Crippen LogP contribution in [-0.4, -0.2) is 32.5 Å². The van der Waals surface area contributed by atoms with Crippen molar-refractivity contribution in [3.05, 3.63) is 47.5 Å². The molecule has 7 atom stereocenters. The van der Waals surface area contributed by atoms with Crippen LogP contribution in [0, 0.1) is 28.6 Å². The number of fused-ring (bicyclic) bond motifs is 5. The van der Waals surface area contributed by atoms with Crippen LogP contribution >= 0.6 is 0 Å². The Morgan fingerprint density at radius 2 is 1.72 bits per heavy atom. The maximum atomic E-state index is 13.6. The highest BCUT2D eigenvalue weighted by atomic mass is 28.4. The first-order chi connectivity index (χ1) is 18.2. The summed E-state index contributed by atoms with van der Waals surface area (Å²) in [6.07, 6.45) is 8.28. The molecule has 0 unspecified atom stereocenters. The molecular weight excluding hydrogens is 504 g/mol. The number of carbonyl (C=O) groups excluding carboxylic acids is 2. The van der Waals surface area contributed by atoms with Gasteiger partial charge in [-0.15, -0.1) is 0 Å². The van der Waals surface area contributed by atoms with Gasteiger partial charge in [0.05, 0.1) is 0 Å². The Morgan fingerprint density at radius 1 is 1.03 bits per heavy atom. The van der Waals surface area contributed by atoms with E-state index in [4.69, 9.17) is 13.9 Å². The molecule has 0 aromatic heterocycles. The number of benzene rings is 1. The van der Waals surface area contributed by atoms with Crippen molar-refractivity contribution in [2.24, 2.45) is 28.6 Å². The van der Waals surface area contributed by atoms with Gasteiger partial charge in [0.15, 0.2) is 20.2 Å². The van der Waals surface area contributed by atoms with Crippen molar-refractivity contribution in [3.63, 3.8) is 0 Å². The number of carbonyl (C=O) groups is 2. The van der Waals surface area contributed by atoms with Crippen LogP contribution in [0.1, 0.15) is 85.1 Å². The number of hydrogen-bond acceptors (Lipinski definition) is 5. The van der Waals surface area contributed by atoms with Gasteiger partial charge in [-0.3, -0.25) is 4.79 Å². The fourth-order valence-electron chi connectivity index (χ4n) is 8.06. The Hall–Kier alpha value is -1.92. The van der Waals surface area contributed by atoms with Crippen LogP contribution in [0.25, 0.3) is 0 Å². The molecule has 0 amide bonds. The molecule has 0 radical (unpaired) electrons. The molecule has 0 N–H and O–H groups in total. The third-order valence-electron chi connectivity index (χ3n) is 11.5. The smallest absolute Gasteiger partial charge is 0.429 e. The highest BCUT2D eigenvalue weighted by Crippen LogP contribution is 2.64. The van der Waals surface area contributed by atoms with E-state index in [1.54, 1.807) is 5.57 Å². The second-order valence-corrected chi connectivity index (χ2v) is 19.4. The van der Waals surface area contributed by atoms with E-state index in [0.717, 1.165) is 44.1 Å². The van der Waals surface area contributed by atoms with E-state index < -0.39 is 26.0 Å². The lowest BCUT2D eigenvalue weighted by molar-refractivity contribution is -0.137. The Kier molecular flexibility index (Phi) is 7.46. The monoisotopic (exact) mass is 552 g/mol. The molecule has 4 aliphatic carbocycles. The van der Waals surface area contributed by atoms with Crippen LogP contribution in [-0.2, 0) is 25.3 Å². The third-order valence-corrected chi connectivity index (χ3v) is 16.0. The molecule has 5 nitrogen and oxygen atoms in total. The van der Waals surface area contributed by atoms with Gasteiger partial charge in [-0.05, 0) is 91.8 Å². The van der Waals surface area contributed by atoms with Crippen molar-refractivity contribution in [3.8, 4) is 0 Å². The number of allylic oxidation sites excluding steroid dienone is 1. The number of rotatable bonds is 5.